The number of hydrogen-bond acceptors (Lipinski definition) is 6. The highest BCUT2D eigenvalue weighted by molar-refractivity contribution is 6.59. The predicted molar refractivity (Wildman–Crippen MR) is 70.4 cm³/mol. The lowest BCUT2D eigenvalue weighted by Gasteiger charge is -2.28. The second-order valence-electron chi connectivity index (χ2n) is 4.73. The van der Waals surface area contributed by atoms with Gasteiger partial charge in [-0.05, 0) is 20.8 Å². The van der Waals surface area contributed by atoms with Crippen molar-refractivity contribution in [3.63, 3.8) is 0 Å². The molecule has 17 heavy (non-hydrogen) atoms. The highest BCUT2D eigenvalue weighted by Crippen LogP contribution is 2.10. The summed E-state index contributed by atoms with van der Waals surface area (Å²) in [7, 11) is -2.68. The van der Waals surface area contributed by atoms with E-state index in [9.17, 15) is 0 Å². The molecule has 0 amide bonds. The molecule has 0 rings (SSSR count). The van der Waals surface area contributed by atoms with E-state index in [1.807, 2.05) is 27.3 Å². The number of hydrogen-bond donors (Lipinski definition) is 3. The Kier molecular flexibility index (Phi) is 8.13. The van der Waals surface area contributed by atoms with Gasteiger partial charge in [0, 0.05) is 24.7 Å². The van der Waals surface area contributed by atoms with E-state index >= 15 is 0 Å². The molecule has 0 aromatic heterocycles. The molecular formula is C10H27N3O3Si. The second-order valence-corrected chi connectivity index (χ2v) is 7.32. The molecule has 3 atom stereocenters. The summed E-state index contributed by atoms with van der Waals surface area (Å²) in [6.45, 7) is 8.64. The number of nitrogens with two attached hydrogens (primary N) is 3. The molecule has 0 bridgehead atoms. The van der Waals surface area contributed by atoms with Gasteiger partial charge in [0.05, 0.1) is 19.8 Å². The first-order valence-corrected chi connectivity index (χ1v) is 8.16. The van der Waals surface area contributed by atoms with E-state index in [4.69, 9.17) is 30.5 Å². The third-order valence-corrected chi connectivity index (χ3v) is 3.90. The fraction of sp³-hybridized carbons (Fsp3) is 1.00. The van der Waals surface area contributed by atoms with Gasteiger partial charge in [-0.15, -0.1) is 0 Å². The second kappa shape index (κ2) is 8.14. The van der Waals surface area contributed by atoms with Crippen LogP contribution < -0.4 is 17.2 Å². The molecule has 0 saturated heterocycles. The Morgan fingerprint density at radius 3 is 1.18 bits per heavy atom. The van der Waals surface area contributed by atoms with Crippen molar-refractivity contribution >= 4 is 8.80 Å². The molecule has 0 aliphatic carbocycles. The van der Waals surface area contributed by atoms with E-state index in [2.05, 4.69) is 0 Å². The zero-order valence-corrected chi connectivity index (χ0v) is 12.3. The molecule has 6 N–H and O–H groups in total. The van der Waals surface area contributed by atoms with Crippen molar-refractivity contribution in [3.8, 4) is 0 Å². The van der Waals surface area contributed by atoms with Gasteiger partial charge in [0.2, 0.25) is 0 Å². The van der Waals surface area contributed by atoms with E-state index < -0.39 is 8.80 Å². The summed E-state index contributed by atoms with van der Waals surface area (Å²) >= 11 is 0. The average molecular weight is 265 g/mol. The van der Waals surface area contributed by atoms with Crippen molar-refractivity contribution in [2.75, 3.05) is 19.8 Å². The van der Waals surface area contributed by atoms with Crippen molar-refractivity contribution in [2.24, 2.45) is 17.2 Å². The largest absolute Gasteiger partial charge is 0.497 e. The maximum Gasteiger partial charge on any atom is 0.497 e. The summed E-state index contributed by atoms with van der Waals surface area (Å²) in [4.78, 5) is 0. The first-order chi connectivity index (χ1) is 7.75. The third-order valence-electron chi connectivity index (χ3n) is 1.83. The van der Waals surface area contributed by atoms with E-state index in [1.54, 1.807) is 0 Å². The van der Waals surface area contributed by atoms with Crippen molar-refractivity contribution in [3.05, 3.63) is 0 Å². The molecule has 0 fully saturated rings. The number of rotatable bonds is 9. The minimum atomic E-state index is -2.68. The average Bonchev–Trinajstić information content (AvgIpc) is 2.21. The van der Waals surface area contributed by atoms with Gasteiger partial charge in [-0.3, -0.25) is 0 Å². The van der Waals surface area contributed by atoms with Gasteiger partial charge in [-0.25, -0.2) is 0 Å². The SMILES string of the molecule is CC(N)CO[Si](C)(OCC(C)N)OCC(C)N. The molecule has 6 nitrogen and oxygen atoms in total. The Balaban J connectivity index is 4.23. The van der Waals surface area contributed by atoms with E-state index in [0.717, 1.165) is 0 Å². The Morgan fingerprint density at radius 1 is 0.765 bits per heavy atom. The molecule has 3 unspecified atom stereocenters. The van der Waals surface area contributed by atoms with Crippen molar-refractivity contribution in [1.82, 2.24) is 0 Å². The van der Waals surface area contributed by atoms with Gasteiger partial charge in [-0.2, -0.15) is 0 Å². The monoisotopic (exact) mass is 265 g/mol. The van der Waals surface area contributed by atoms with Crippen LogP contribution in [-0.4, -0.2) is 46.8 Å². The zero-order valence-electron chi connectivity index (χ0n) is 11.3. The van der Waals surface area contributed by atoms with Crippen molar-refractivity contribution in [2.45, 2.75) is 45.4 Å². The fourth-order valence-electron chi connectivity index (χ4n) is 0.973. The molecule has 0 radical (unpaired) electrons. The topological polar surface area (TPSA) is 106 Å². The molecule has 0 saturated carbocycles. The van der Waals surface area contributed by atoms with Gasteiger partial charge < -0.3 is 30.5 Å². The lowest BCUT2D eigenvalue weighted by molar-refractivity contribution is 0.0564. The van der Waals surface area contributed by atoms with Crippen LogP contribution in [0.4, 0.5) is 0 Å². The highest BCUT2D eigenvalue weighted by atomic mass is 28.4. The van der Waals surface area contributed by atoms with Crippen LogP contribution in [0.3, 0.4) is 0 Å². The Morgan fingerprint density at radius 2 is 1.00 bits per heavy atom. The molecule has 7 heteroatoms. The van der Waals surface area contributed by atoms with Crippen molar-refractivity contribution < 1.29 is 13.3 Å². The molecule has 0 spiro atoms. The predicted octanol–water partition coefficient (Wildman–Crippen LogP) is -0.353. The zero-order chi connectivity index (χ0) is 13.5. The lowest BCUT2D eigenvalue weighted by atomic mass is 10.4. The molecular weight excluding hydrogens is 238 g/mol. The first kappa shape index (κ1) is 17.0. The van der Waals surface area contributed by atoms with Gasteiger partial charge in [0.25, 0.3) is 0 Å². The Bertz CT molecular complexity index is 172. The Hall–Kier alpha value is -0.0231. The van der Waals surface area contributed by atoms with Gasteiger partial charge in [0.1, 0.15) is 0 Å². The van der Waals surface area contributed by atoms with E-state index in [1.165, 1.54) is 0 Å². The highest BCUT2D eigenvalue weighted by Gasteiger charge is 2.35. The van der Waals surface area contributed by atoms with Crippen LogP contribution in [-0.2, 0) is 13.3 Å². The standard InChI is InChI=1S/C10H27N3O3Si/c1-8(11)5-14-17(4,15-6-9(2)12)16-7-10(3)13/h8-10H,5-7,11-13H2,1-4H3. The summed E-state index contributed by atoms with van der Waals surface area (Å²) < 4.78 is 17.0. The van der Waals surface area contributed by atoms with Crippen LogP contribution in [0.2, 0.25) is 6.55 Å². The quantitative estimate of drug-likeness (QED) is 0.492. The minimum Gasteiger partial charge on any atom is -0.372 e. The molecule has 0 aliphatic heterocycles. The van der Waals surface area contributed by atoms with E-state index in [-0.39, 0.29) is 18.1 Å². The summed E-state index contributed by atoms with van der Waals surface area (Å²) in [5, 5.41) is 0. The van der Waals surface area contributed by atoms with Crippen LogP contribution in [0.5, 0.6) is 0 Å². The summed E-state index contributed by atoms with van der Waals surface area (Å²) in [6.07, 6.45) is 0. The van der Waals surface area contributed by atoms with Crippen LogP contribution in [0.1, 0.15) is 20.8 Å². The first-order valence-electron chi connectivity index (χ1n) is 5.94. The molecule has 0 heterocycles. The molecule has 0 aromatic carbocycles. The third kappa shape index (κ3) is 9.66. The van der Waals surface area contributed by atoms with Crippen LogP contribution >= 0.6 is 0 Å². The van der Waals surface area contributed by atoms with Crippen molar-refractivity contribution in [1.29, 1.82) is 0 Å². The van der Waals surface area contributed by atoms with Crippen LogP contribution in [0, 0.1) is 0 Å². The maximum atomic E-state index is 5.65. The maximum absolute atomic E-state index is 5.65. The van der Waals surface area contributed by atoms with Gasteiger partial charge >= 0.3 is 8.80 Å². The lowest BCUT2D eigenvalue weighted by Crippen LogP contribution is -2.48. The molecule has 104 valence electrons. The van der Waals surface area contributed by atoms with Gasteiger partial charge in [-0.1, -0.05) is 0 Å². The van der Waals surface area contributed by atoms with Gasteiger partial charge in [0.15, 0.2) is 0 Å². The summed E-state index contributed by atoms with van der Waals surface area (Å²) in [5.41, 5.74) is 16.9. The van der Waals surface area contributed by atoms with E-state index in [0.29, 0.717) is 19.8 Å². The minimum absolute atomic E-state index is 0.0559. The smallest absolute Gasteiger partial charge is 0.372 e. The Labute approximate surface area is 105 Å². The van der Waals surface area contributed by atoms with Crippen LogP contribution in [0.25, 0.3) is 0 Å². The molecule has 0 aliphatic rings. The van der Waals surface area contributed by atoms with Crippen LogP contribution in [0.15, 0.2) is 0 Å². The fourth-order valence-corrected chi connectivity index (χ4v) is 2.92. The normalized spacial score (nSPS) is 20.6. The summed E-state index contributed by atoms with van der Waals surface area (Å²) in [5.74, 6) is 0. The molecule has 0 aromatic rings. The summed E-state index contributed by atoms with van der Waals surface area (Å²) in [6, 6.07) is -0.168.